The molecule has 0 aliphatic heterocycles. The predicted octanol–water partition coefficient (Wildman–Crippen LogP) is 5.16. The summed E-state index contributed by atoms with van der Waals surface area (Å²) in [7, 11) is 0. The van der Waals surface area contributed by atoms with Gasteiger partial charge in [0.15, 0.2) is 11.6 Å². The highest BCUT2D eigenvalue weighted by Crippen LogP contribution is 2.34. The average molecular weight is 394 g/mol. The van der Waals surface area contributed by atoms with E-state index in [-0.39, 0.29) is 16.0 Å². The van der Waals surface area contributed by atoms with Crippen molar-refractivity contribution in [1.82, 2.24) is 9.36 Å². The zero-order chi connectivity index (χ0) is 17.8. The van der Waals surface area contributed by atoms with E-state index >= 15 is 0 Å². The van der Waals surface area contributed by atoms with Gasteiger partial charge in [0.2, 0.25) is 5.13 Å². The molecule has 0 bridgehead atoms. The Hall–Kier alpha value is -2.15. The highest BCUT2D eigenvalue weighted by atomic mass is 35.5. The first-order valence-electron chi connectivity index (χ1n) is 7.40. The lowest BCUT2D eigenvalue weighted by Gasteiger charge is -2.10. The fraction of sp³-hybridized carbons (Fsp3) is 0.118. The van der Waals surface area contributed by atoms with E-state index in [2.05, 4.69) is 14.7 Å². The van der Waals surface area contributed by atoms with Gasteiger partial charge < -0.3 is 4.74 Å². The summed E-state index contributed by atoms with van der Waals surface area (Å²) in [4.78, 5) is 16.7. The number of rotatable bonds is 5. The largest absolute Gasteiger partial charge is 0.491 e. The van der Waals surface area contributed by atoms with Gasteiger partial charge >= 0.3 is 0 Å². The van der Waals surface area contributed by atoms with E-state index in [9.17, 15) is 4.79 Å². The topological polar surface area (TPSA) is 64.1 Å². The van der Waals surface area contributed by atoms with Gasteiger partial charge in [0.05, 0.1) is 16.7 Å². The van der Waals surface area contributed by atoms with Crippen molar-refractivity contribution >= 4 is 45.8 Å². The zero-order valence-electron chi connectivity index (χ0n) is 13.1. The number of anilines is 1. The van der Waals surface area contributed by atoms with Gasteiger partial charge in [-0.25, -0.2) is 0 Å². The molecule has 0 atom stereocenters. The number of hydrogen-bond acceptors (Lipinski definition) is 5. The molecule has 0 saturated carbocycles. The number of ether oxygens (including phenoxy) is 1. The minimum Gasteiger partial charge on any atom is -0.491 e. The van der Waals surface area contributed by atoms with Crippen LogP contribution in [0, 0.1) is 0 Å². The van der Waals surface area contributed by atoms with Gasteiger partial charge in [-0.1, -0.05) is 53.5 Å². The number of carbonyl (C=O) groups excluding carboxylic acids is 1. The number of amides is 1. The van der Waals surface area contributed by atoms with Crippen LogP contribution in [-0.2, 0) is 0 Å². The summed E-state index contributed by atoms with van der Waals surface area (Å²) in [6.07, 6.45) is 0. The van der Waals surface area contributed by atoms with E-state index in [1.54, 1.807) is 0 Å². The standard InChI is InChI=1S/C17H13Cl2N3O2S/c1-2-24-14-12(18)8-11(9-13(14)19)16(23)21-17-20-15(22-25-17)10-6-4-3-5-7-10/h3-9H,2H2,1H3,(H,20,21,22,23). The lowest BCUT2D eigenvalue weighted by molar-refractivity contribution is 0.102. The second-order valence-electron chi connectivity index (χ2n) is 4.95. The van der Waals surface area contributed by atoms with E-state index < -0.39 is 0 Å². The maximum atomic E-state index is 12.4. The zero-order valence-corrected chi connectivity index (χ0v) is 15.5. The number of aromatic nitrogens is 2. The smallest absolute Gasteiger partial charge is 0.257 e. The molecule has 1 heterocycles. The van der Waals surface area contributed by atoms with Crippen LogP contribution in [0.25, 0.3) is 11.4 Å². The quantitative estimate of drug-likeness (QED) is 0.649. The van der Waals surface area contributed by atoms with Gasteiger partial charge in [-0.3, -0.25) is 10.1 Å². The number of hydrogen-bond donors (Lipinski definition) is 1. The molecule has 0 saturated heterocycles. The van der Waals surface area contributed by atoms with E-state index in [0.717, 1.165) is 17.1 Å². The molecule has 1 aromatic heterocycles. The second kappa shape index (κ2) is 7.82. The minimum atomic E-state index is -0.373. The van der Waals surface area contributed by atoms with Gasteiger partial charge in [0.25, 0.3) is 5.91 Å². The van der Waals surface area contributed by atoms with Gasteiger partial charge in [-0.15, -0.1) is 0 Å². The molecule has 0 unspecified atom stereocenters. The molecule has 3 aromatic rings. The normalized spacial score (nSPS) is 10.5. The molecular formula is C17H13Cl2N3O2S. The van der Waals surface area contributed by atoms with E-state index in [0.29, 0.717) is 28.9 Å². The first kappa shape index (κ1) is 17.7. The Labute approximate surface area is 158 Å². The second-order valence-corrected chi connectivity index (χ2v) is 6.51. The molecule has 0 spiro atoms. The summed E-state index contributed by atoms with van der Waals surface area (Å²) in [6.45, 7) is 2.26. The van der Waals surface area contributed by atoms with Crippen LogP contribution >= 0.6 is 34.7 Å². The molecular weight excluding hydrogens is 381 g/mol. The summed E-state index contributed by atoms with van der Waals surface area (Å²) >= 11 is 13.4. The first-order chi connectivity index (χ1) is 12.1. The molecule has 8 heteroatoms. The Kier molecular flexibility index (Phi) is 5.53. The van der Waals surface area contributed by atoms with Crippen LogP contribution in [-0.4, -0.2) is 21.9 Å². The summed E-state index contributed by atoms with van der Waals surface area (Å²) in [6, 6.07) is 12.5. The van der Waals surface area contributed by atoms with Crippen molar-refractivity contribution in [2.75, 3.05) is 11.9 Å². The number of nitrogens with zero attached hydrogens (tertiary/aromatic N) is 2. The van der Waals surface area contributed by atoms with E-state index in [1.807, 2.05) is 37.3 Å². The fourth-order valence-electron chi connectivity index (χ4n) is 2.12. The third-order valence-electron chi connectivity index (χ3n) is 3.23. The lowest BCUT2D eigenvalue weighted by atomic mass is 10.2. The van der Waals surface area contributed by atoms with Gasteiger partial charge in [-0.05, 0) is 19.1 Å². The van der Waals surface area contributed by atoms with Gasteiger partial charge in [0.1, 0.15) is 0 Å². The molecule has 0 radical (unpaired) electrons. The molecule has 2 aromatic carbocycles. The van der Waals surface area contributed by atoms with Crippen LogP contribution in [0.2, 0.25) is 10.0 Å². The average Bonchev–Trinajstić information content (AvgIpc) is 3.07. The summed E-state index contributed by atoms with van der Waals surface area (Å²) < 4.78 is 9.61. The highest BCUT2D eigenvalue weighted by Gasteiger charge is 2.16. The van der Waals surface area contributed by atoms with Crippen molar-refractivity contribution in [1.29, 1.82) is 0 Å². The molecule has 1 N–H and O–H groups in total. The third-order valence-corrected chi connectivity index (χ3v) is 4.42. The Bertz CT molecular complexity index is 877. The molecule has 1 amide bonds. The molecule has 128 valence electrons. The Morgan fingerprint density at radius 3 is 2.52 bits per heavy atom. The lowest BCUT2D eigenvalue weighted by Crippen LogP contribution is -2.12. The number of benzene rings is 2. The SMILES string of the molecule is CCOc1c(Cl)cc(C(=O)Nc2nc(-c3ccccc3)ns2)cc1Cl. The molecule has 25 heavy (non-hydrogen) atoms. The molecule has 0 fully saturated rings. The third kappa shape index (κ3) is 4.10. The number of carbonyl (C=O) groups is 1. The maximum absolute atomic E-state index is 12.4. The van der Waals surface area contributed by atoms with Crippen LogP contribution in [0.1, 0.15) is 17.3 Å². The number of halogens is 2. The first-order valence-corrected chi connectivity index (χ1v) is 8.93. The monoisotopic (exact) mass is 393 g/mol. The van der Waals surface area contributed by atoms with Crippen molar-refractivity contribution in [3.63, 3.8) is 0 Å². The van der Waals surface area contributed by atoms with Crippen molar-refractivity contribution in [2.24, 2.45) is 0 Å². The Morgan fingerprint density at radius 2 is 1.88 bits per heavy atom. The summed E-state index contributed by atoms with van der Waals surface area (Å²) in [5.41, 5.74) is 1.20. The Balaban J connectivity index is 1.78. The van der Waals surface area contributed by atoms with Crippen LogP contribution in [0.4, 0.5) is 5.13 Å². The number of nitrogens with one attached hydrogen (secondary N) is 1. The van der Waals surface area contributed by atoms with Crippen LogP contribution < -0.4 is 10.1 Å². The maximum Gasteiger partial charge on any atom is 0.257 e. The summed E-state index contributed by atoms with van der Waals surface area (Å²) in [5, 5.41) is 3.65. The van der Waals surface area contributed by atoms with Crippen molar-refractivity contribution in [3.05, 3.63) is 58.1 Å². The summed E-state index contributed by atoms with van der Waals surface area (Å²) in [5.74, 6) is 0.552. The van der Waals surface area contributed by atoms with Gasteiger partial charge in [0, 0.05) is 22.7 Å². The van der Waals surface area contributed by atoms with Gasteiger partial charge in [-0.2, -0.15) is 9.36 Å². The van der Waals surface area contributed by atoms with E-state index in [1.165, 1.54) is 12.1 Å². The minimum absolute atomic E-state index is 0.279. The van der Waals surface area contributed by atoms with Crippen LogP contribution in [0.5, 0.6) is 5.75 Å². The van der Waals surface area contributed by atoms with Crippen LogP contribution in [0.3, 0.4) is 0 Å². The van der Waals surface area contributed by atoms with Crippen molar-refractivity contribution in [2.45, 2.75) is 6.92 Å². The molecule has 5 nitrogen and oxygen atoms in total. The fourth-order valence-corrected chi connectivity index (χ4v) is 3.30. The molecule has 0 aliphatic rings. The predicted molar refractivity (Wildman–Crippen MR) is 101 cm³/mol. The van der Waals surface area contributed by atoms with E-state index in [4.69, 9.17) is 27.9 Å². The highest BCUT2D eigenvalue weighted by molar-refractivity contribution is 7.10. The molecule has 3 rings (SSSR count). The van der Waals surface area contributed by atoms with Crippen LogP contribution in [0.15, 0.2) is 42.5 Å². The van der Waals surface area contributed by atoms with Crippen molar-refractivity contribution in [3.8, 4) is 17.1 Å². The molecule has 0 aliphatic carbocycles. The van der Waals surface area contributed by atoms with Crippen molar-refractivity contribution < 1.29 is 9.53 Å². The Morgan fingerprint density at radius 1 is 1.20 bits per heavy atom.